The van der Waals surface area contributed by atoms with Gasteiger partial charge in [-0.25, -0.2) is 4.79 Å². The molecular formula is C22H17BrN4O5S. The van der Waals surface area contributed by atoms with E-state index < -0.39 is 23.0 Å². The number of rotatable bonds is 5. The number of carbonyl (C=O) groups is 4. The van der Waals surface area contributed by atoms with Crippen LogP contribution in [0.25, 0.3) is 5.57 Å². The number of nitrogens with one attached hydrogen (secondary N) is 1. The molecule has 0 aliphatic carbocycles. The minimum absolute atomic E-state index is 0.0210. The SMILES string of the molecule is CCOC(=O)c1ccc(NC(=O)CN2C(=O)/C(=C3/SC(=O)N=C3N)c3cc(Br)ccc32)cc1. The summed E-state index contributed by atoms with van der Waals surface area (Å²) in [5.74, 6) is -1.37. The monoisotopic (exact) mass is 528 g/mol. The average Bonchev–Trinajstić information content (AvgIpc) is 3.23. The number of amides is 3. The Bertz CT molecular complexity index is 1260. The number of fused-ring (bicyclic) bond motifs is 1. The van der Waals surface area contributed by atoms with Crippen LogP contribution < -0.4 is 16.0 Å². The highest BCUT2D eigenvalue weighted by Crippen LogP contribution is 2.43. The van der Waals surface area contributed by atoms with Gasteiger partial charge in [0.2, 0.25) is 5.91 Å². The number of carbonyl (C=O) groups excluding carboxylic acids is 4. The number of hydrogen-bond donors (Lipinski definition) is 2. The molecule has 0 saturated carbocycles. The summed E-state index contributed by atoms with van der Waals surface area (Å²) in [6.45, 7) is 1.72. The van der Waals surface area contributed by atoms with Gasteiger partial charge in [-0.1, -0.05) is 15.9 Å². The number of anilines is 2. The lowest BCUT2D eigenvalue weighted by Crippen LogP contribution is -2.35. The average molecular weight is 529 g/mol. The summed E-state index contributed by atoms with van der Waals surface area (Å²) in [7, 11) is 0. The van der Waals surface area contributed by atoms with Gasteiger partial charge in [0, 0.05) is 15.7 Å². The fraction of sp³-hybridized carbons (Fsp3) is 0.136. The first-order valence-corrected chi connectivity index (χ1v) is 11.4. The number of nitrogens with two attached hydrogens (primary N) is 1. The van der Waals surface area contributed by atoms with E-state index in [-0.39, 0.29) is 29.5 Å². The van der Waals surface area contributed by atoms with Crippen molar-refractivity contribution < 1.29 is 23.9 Å². The van der Waals surface area contributed by atoms with Crippen LogP contribution >= 0.6 is 27.7 Å². The third-order valence-corrected chi connectivity index (χ3v) is 6.20. The number of amidine groups is 1. The molecular weight excluding hydrogens is 512 g/mol. The van der Waals surface area contributed by atoms with Crippen molar-refractivity contribution in [2.24, 2.45) is 10.7 Å². The molecule has 11 heteroatoms. The van der Waals surface area contributed by atoms with Gasteiger partial charge < -0.3 is 15.8 Å². The van der Waals surface area contributed by atoms with Gasteiger partial charge in [-0.05, 0) is 61.2 Å². The minimum Gasteiger partial charge on any atom is -0.462 e. The molecule has 4 rings (SSSR count). The van der Waals surface area contributed by atoms with Crippen molar-refractivity contribution in [2.45, 2.75) is 6.92 Å². The van der Waals surface area contributed by atoms with Gasteiger partial charge in [0.05, 0.1) is 28.3 Å². The van der Waals surface area contributed by atoms with Crippen LogP contribution in [0.3, 0.4) is 0 Å². The van der Waals surface area contributed by atoms with E-state index in [1.165, 1.54) is 4.90 Å². The summed E-state index contributed by atoms with van der Waals surface area (Å²) in [6.07, 6.45) is 0. The third kappa shape index (κ3) is 4.55. The molecule has 2 aromatic carbocycles. The van der Waals surface area contributed by atoms with E-state index in [0.29, 0.717) is 22.5 Å². The highest BCUT2D eigenvalue weighted by molar-refractivity contribution is 9.10. The van der Waals surface area contributed by atoms with Crippen LogP contribution in [0.2, 0.25) is 0 Å². The van der Waals surface area contributed by atoms with Crippen LogP contribution in [-0.4, -0.2) is 42.0 Å². The maximum absolute atomic E-state index is 13.3. The highest BCUT2D eigenvalue weighted by atomic mass is 79.9. The number of aliphatic imine (C=N–C) groups is 1. The molecule has 0 unspecified atom stereocenters. The summed E-state index contributed by atoms with van der Waals surface area (Å²) in [5.41, 5.74) is 7.99. The zero-order chi connectivity index (χ0) is 23.7. The number of ether oxygens (including phenoxy) is 1. The van der Waals surface area contributed by atoms with E-state index in [2.05, 4.69) is 26.2 Å². The Balaban J connectivity index is 1.56. The van der Waals surface area contributed by atoms with Gasteiger partial charge in [-0.2, -0.15) is 4.99 Å². The molecule has 168 valence electrons. The van der Waals surface area contributed by atoms with Gasteiger partial charge in [-0.3, -0.25) is 19.3 Å². The number of benzene rings is 2. The van der Waals surface area contributed by atoms with Gasteiger partial charge in [0.1, 0.15) is 12.4 Å². The van der Waals surface area contributed by atoms with Crippen LogP contribution in [0.4, 0.5) is 16.2 Å². The second-order valence-electron chi connectivity index (χ2n) is 6.97. The summed E-state index contributed by atoms with van der Waals surface area (Å²) in [6, 6.07) is 11.4. The number of nitrogens with zero attached hydrogens (tertiary/aromatic N) is 2. The fourth-order valence-electron chi connectivity index (χ4n) is 3.42. The summed E-state index contributed by atoms with van der Waals surface area (Å²) < 4.78 is 5.67. The predicted octanol–water partition coefficient (Wildman–Crippen LogP) is 3.55. The molecule has 2 aliphatic heterocycles. The first kappa shape index (κ1) is 22.7. The summed E-state index contributed by atoms with van der Waals surface area (Å²) >= 11 is 4.17. The Morgan fingerprint density at radius 2 is 1.91 bits per heavy atom. The van der Waals surface area contributed by atoms with E-state index in [0.717, 1.165) is 16.2 Å². The Labute approximate surface area is 201 Å². The second kappa shape index (κ2) is 9.20. The van der Waals surface area contributed by atoms with E-state index in [1.54, 1.807) is 49.4 Å². The molecule has 2 aliphatic rings. The number of thioether (sulfide) groups is 1. The van der Waals surface area contributed by atoms with Gasteiger partial charge in [0.15, 0.2) is 0 Å². The van der Waals surface area contributed by atoms with Crippen molar-refractivity contribution in [2.75, 3.05) is 23.4 Å². The largest absolute Gasteiger partial charge is 0.462 e. The molecule has 3 N–H and O–H groups in total. The summed E-state index contributed by atoms with van der Waals surface area (Å²) in [4.78, 5) is 54.8. The van der Waals surface area contributed by atoms with Crippen molar-refractivity contribution >= 4 is 73.5 Å². The predicted molar refractivity (Wildman–Crippen MR) is 129 cm³/mol. The van der Waals surface area contributed by atoms with Crippen LogP contribution in [0, 0.1) is 0 Å². The van der Waals surface area contributed by atoms with Crippen molar-refractivity contribution in [3.8, 4) is 0 Å². The molecule has 0 atom stereocenters. The van der Waals surface area contributed by atoms with E-state index in [1.807, 2.05) is 0 Å². The smallest absolute Gasteiger partial charge is 0.338 e. The molecule has 3 amide bonds. The van der Waals surface area contributed by atoms with Gasteiger partial charge in [-0.15, -0.1) is 0 Å². The Kier molecular flexibility index (Phi) is 6.34. The molecule has 0 aromatic heterocycles. The lowest BCUT2D eigenvalue weighted by atomic mass is 10.1. The van der Waals surface area contributed by atoms with Crippen LogP contribution in [0.15, 0.2) is 56.8 Å². The van der Waals surface area contributed by atoms with Crippen LogP contribution in [0.1, 0.15) is 22.8 Å². The molecule has 0 saturated heterocycles. The Hall–Kier alpha value is -3.44. The lowest BCUT2D eigenvalue weighted by Gasteiger charge is -2.17. The van der Waals surface area contributed by atoms with Gasteiger partial charge in [0.25, 0.3) is 5.91 Å². The highest BCUT2D eigenvalue weighted by Gasteiger charge is 2.38. The molecule has 0 bridgehead atoms. The normalized spacial score (nSPS) is 17.2. The first-order valence-electron chi connectivity index (χ1n) is 9.78. The van der Waals surface area contributed by atoms with Gasteiger partial charge >= 0.3 is 11.2 Å². The van der Waals surface area contributed by atoms with Crippen molar-refractivity contribution in [3.63, 3.8) is 0 Å². The molecule has 9 nitrogen and oxygen atoms in total. The zero-order valence-electron chi connectivity index (χ0n) is 17.3. The molecule has 0 fully saturated rings. The van der Waals surface area contributed by atoms with Crippen LogP contribution in [0.5, 0.6) is 0 Å². The van der Waals surface area contributed by atoms with Crippen molar-refractivity contribution in [3.05, 3.63) is 63.0 Å². The van der Waals surface area contributed by atoms with E-state index >= 15 is 0 Å². The molecule has 0 radical (unpaired) electrons. The third-order valence-electron chi connectivity index (χ3n) is 4.82. The molecule has 2 heterocycles. The summed E-state index contributed by atoms with van der Waals surface area (Å²) in [5, 5.41) is 2.21. The van der Waals surface area contributed by atoms with Crippen LogP contribution in [-0.2, 0) is 14.3 Å². The fourth-order valence-corrected chi connectivity index (χ4v) is 4.55. The number of hydrogen-bond acceptors (Lipinski definition) is 7. The van der Waals surface area contributed by atoms with E-state index in [4.69, 9.17) is 10.5 Å². The standard InChI is InChI=1S/C22H17BrN4O5S/c1-2-32-21(30)11-3-6-13(7-4-11)25-16(28)10-27-15-8-5-12(23)9-14(15)17(20(27)29)18-19(24)26-22(31)33-18/h3-9H,2,10H2,1H3,(H,25,28)(H2,24,26,31)/b18-17+. The molecule has 33 heavy (non-hydrogen) atoms. The van der Waals surface area contributed by atoms with Crippen molar-refractivity contribution in [1.82, 2.24) is 0 Å². The zero-order valence-corrected chi connectivity index (χ0v) is 19.7. The quantitative estimate of drug-likeness (QED) is 0.448. The minimum atomic E-state index is -0.498. The van der Waals surface area contributed by atoms with Crippen molar-refractivity contribution in [1.29, 1.82) is 0 Å². The molecule has 2 aromatic rings. The second-order valence-corrected chi connectivity index (χ2v) is 8.85. The Morgan fingerprint density at radius 3 is 2.55 bits per heavy atom. The molecule has 0 spiro atoms. The van der Waals surface area contributed by atoms with E-state index in [9.17, 15) is 19.2 Å². The number of halogens is 1. The number of esters is 1. The maximum atomic E-state index is 13.3. The topological polar surface area (TPSA) is 131 Å². The lowest BCUT2D eigenvalue weighted by molar-refractivity contribution is -0.118. The first-order chi connectivity index (χ1) is 15.8. The Morgan fingerprint density at radius 1 is 1.18 bits per heavy atom. The maximum Gasteiger partial charge on any atom is 0.338 e.